The number of hydrogen-bond acceptors (Lipinski definition) is 2. The fraction of sp³-hybridized carbons (Fsp3) is 0.417. The summed E-state index contributed by atoms with van der Waals surface area (Å²) < 4.78 is 6.08. The van der Waals surface area contributed by atoms with Crippen molar-refractivity contribution in [2.24, 2.45) is 5.73 Å². The van der Waals surface area contributed by atoms with Crippen LogP contribution in [0.2, 0.25) is 0 Å². The minimum Gasteiger partial charge on any atom is -0.483 e. The van der Waals surface area contributed by atoms with Crippen molar-refractivity contribution in [2.45, 2.75) is 26.2 Å². The Kier molecular flexibility index (Phi) is 3.97. The molecule has 0 aliphatic rings. The number of halogens is 1. The lowest BCUT2D eigenvalue weighted by molar-refractivity contribution is -0.119. The van der Waals surface area contributed by atoms with Gasteiger partial charge in [0.05, 0.1) is 4.47 Å². The Morgan fingerprint density at radius 1 is 1.44 bits per heavy atom. The first-order valence-corrected chi connectivity index (χ1v) is 5.81. The Bertz CT molecular complexity index is 396. The van der Waals surface area contributed by atoms with Crippen LogP contribution >= 0.6 is 15.9 Å². The van der Waals surface area contributed by atoms with Crippen LogP contribution in [0.25, 0.3) is 0 Å². The first kappa shape index (κ1) is 13.0. The smallest absolute Gasteiger partial charge is 0.255 e. The van der Waals surface area contributed by atoms with Crippen LogP contribution in [0.15, 0.2) is 22.7 Å². The number of ether oxygens (including phenoxy) is 1. The van der Waals surface area contributed by atoms with E-state index < -0.39 is 5.91 Å². The summed E-state index contributed by atoms with van der Waals surface area (Å²) in [5.74, 6) is 0.151. The van der Waals surface area contributed by atoms with E-state index in [1.165, 1.54) is 5.56 Å². The van der Waals surface area contributed by atoms with Crippen LogP contribution in [0.1, 0.15) is 26.3 Å². The highest BCUT2D eigenvalue weighted by Crippen LogP contribution is 2.31. The molecule has 0 unspecified atom stereocenters. The molecule has 2 N–H and O–H groups in total. The van der Waals surface area contributed by atoms with Crippen LogP contribution in [0, 0.1) is 0 Å². The zero-order valence-electron chi connectivity index (χ0n) is 9.71. The van der Waals surface area contributed by atoms with Crippen molar-refractivity contribution in [1.29, 1.82) is 0 Å². The molecule has 3 nitrogen and oxygen atoms in total. The van der Waals surface area contributed by atoms with Gasteiger partial charge in [-0.3, -0.25) is 4.79 Å². The largest absolute Gasteiger partial charge is 0.483 e. The van der Waals surface area contributed by atoms with Gasteiger partial charge in [-0.15, -0.1) is 0 Å². The molecule has 0 fully saturated rings. The minimum absolute atomic E-state index is 0.0880. The lowest BCUT2D eigenvalue weighted by Crippen LogP contribution is -2.20. The van der Waals surface area contributed by atoms with Crippen LogP contribution < -0.4 is 10.5 Å². The zero-order valence-corrected chi connectivity index (χ0v) is 11.3. The Balaban J connectivity index is 2.88. The van der Waals surface area contributed by atoms with Gasteiger partial charge in [-0.1, -0.05) is 26.8 Å². The predicted octanol–water partition coefficient (Wildman–Crippen LogP) is 2.61. The fourth-order valence-electron chi connectivity index (χ4n) is 1.23. The van der Waals surface area contributed by atoms with Crippen molar-refractivity contribution in [3.63, 3.8) is 0 Å². The molecule has 0 aromatic heterocycles. The molecular weight excluding hydrogens is 270 g/mol. The van der Waals surface area contributed by atoms with Crippen LogP contribution in [-0.4, -0.2) is 12.5 Å². The monoisotopic (exact) mass is 285 g/mol. The van der Waals surface area contributed by atoms with E-state index in [-0.39, 0.29) is 12.0 Å². The molecule has 0 bridgehead atoms. The summed E-state index contributed by atoms with van der Waals surface area (Å²) in [5.41, 5.74) is 6.30. The second kappa shape index (κ2) is 4.87. The third-order valence-electron chi connectivity index (χ3n) is 2.17. The molecule has 1 amide bonds. The maximum Gasteiger partial charge on any atom is 0.255 e. The second-order valence-electron chi connectivity index (χ2n) is 4.65. The molecule has 88 valence electrons. The van der Waals surface area contributed by atoms with Gasteiger partial charge in [0.25, 0.3) is 5.91 Å². The number of nitrogens with two attached hydrogens (primary N) is 1. The van der Waals surface area contributed by atoms with E-state index in [1.54, 1.807) is 0 Å². The van der Waals surface area contributed by atoms with E-state index in [2.05, 4.69) is 36.7 Å². The van der Waals surface area contributed by atoms with E-state index in [0.29, 0.717) is 5.75 Å². The highest BCUT2D eigenvalue weighted by molar-refractivity contribution is 9.10. The number of hydrogen-bond donors (Lipinski definition) is 1. The van der Waals surface area contributed by atoms with Gasteiger partial charge in [0.2, 0.25) is 0 Å². The second-order valence-corrected chi connectivity index (χ2v) is 5.50. The molecule has 0 aliphatic carbocycles. The molecule has 1 rings (SSSR count). The van der Waals surface area contributed by atoms with Gasteiger partial charge in [0, 0.05) is 0 Å². The fourth-order valence-corrected chi connectivity index (χ4v) is 1.73. The summed E-state index contributed by atoms with van der Waals surface area (Å²) in [6, 6.07) is 5.82. The minimum atomic E-state index is -0.480. The van der Waals surface area contributed by atoms with E-state index in [0.717, 1.165) is 4.47 Å². The summed E-state index contributed by atoms with van der Waals surface area (Å²) in [5, 5.41) is 0. The maximum atomic E-state index is 10.6. The first-order valence-electron chi connectivity index (χ1n) is 5.02. The average Bonchev–Trinajstić information content (AvgIpc) is 2.14. The summed E-state index contributed by atoms with van der Waals surface area (Å²) in [7, 11) is 0. The molecule has 16 heavy (non-hydrogen) atoms. The molecule has 0 saturated heterocycles. The lowest BCUT2D eigenvalue weighted by atomic mass is 9.87. The van der Waals surface area contributed by atoms with Crippen LogP contribution in [0.3, 0.4) is 0 Å². The Labute approximate surface area is 104 Å². The molecule has 1 aromatic rings. The van der Waals surface area contributed by atoms with Gasteiger partial charge in [0.15, 0.2) is 6.61 Å². The molecule has 0 heterocycles. The number of carbonyl (C=O) groups excluding carboxylic acids is 1. The number of rotatable bonds is 3. The topological polar surface area (TPSA) is 52.3 Å². The van der Waals surface area contributed by atoms with Crippen molar-refractivity contribution in [1.82, 2.24) is 0 Å². The van der Waals surface area contributed by atoms with Crippen molar-refractivity contribution >= 4 is 21.8 Å². The van der Waals surface area contributed by atoms with Crippen molar-refractivity contribution < 1.29 is 9.53 Å². The highest BCUT2D eigenvalue weighted by Gasteiger charge is 2.15. The quantitative estimate of drug-likeness (QED) is 0.928. The van der Waals surface area contributed by atoms with Gasteiger partial charge in [0.1, 0.15) is 5.75 Å². The number of primary amides is 1. The summed E-state index contributed by atoms with van der Waals surface area (Å²) in [6.45, 7) is 6.31. The summed E-state index contributed by atoms with van der Waals surface area (Å²) >= 11 is 3.41. The highest BCUT2D eigenvalue weighted by atomic mass is 79.9. The van der Waals surface area contributed by atoms with Crippen LogP contribution in [0.4, 0.5) is 0 Å². The Morgan fingerprint density at radius 2 is 2.06 bits per heavy atom. The third-order valence-corrected chi connectivity index (χ3v) is 2.79. The maximum absolute atomic E-state index is 10.6. The first-order chi connectivity index (χ1) is 7.30. The van der Waals surface area contributed by atoms with Crippen LogP contribution in [0.5, 0.6) is 5.75 Å². The number of benzene rings is 1. The van der Waals surface area contributed by atoms with Gasteiger partial charge in [-0.05, 0) is 39.0 Å². The standard InChI is InChI=1S/C12H16BrNO2/c1-12(2,3)8-4-5-10(9(13)6-8)16-7-11(14)15/h4-6H,7H2,1-3H3,(H2,14,15). The van der Waals surface area contributed by atoms with Crippen molar-refractivity contribution in [3.05, 3.63) is 28.2 Å². The zero-order chi connectivity index (χ0) is 12.3. The normalized spacial score (nSPS) is 11.2. The Hall–Kier alpha value is -1.03. The number of amides is 1. The average molecular weight is 286 g/mol. The van der Waals surface area contributed by atoms with Gasteiger partial charge < -0.3 is 10.5 Å². The molecular formula is C12H16BrNO2. The lowest BCUT2D eigenvalue weighted by Gasteiger charge is -2.20. The van der Waals surface area contributed by atoms with Gasteiger partial charge >= 0.3 is 0 Å². The molecule has 4 heteroatoms. The molecule has 0 radical (unpaired) electrons. The van der Waals surface area contributed by atoms with E-state index in [9.17, 15) is 4.79 Å². The molecule has 0 saturated carbocycles. The molecule has 1 aromatic carbocycles. The molecule has 0 spiro atoms. The van der Waals surface area contributed by atoms with Crippen molar-refractivity contribution in [3.8, 4) is 5.75 Å². The van der Waals surface area contributed by atoms with E-state index in [4.69, 9.17) is 10.5 Å². The van der Waals surface area contributed by atoms with Crippen LogP contribution in [-0.2, 0) is 10.2 Å². The van der Waals surface area contributed by atoms with Gasteiger partial charge in [-0.2, -0.15) is 0 Å². The molecule has 0 aliphatic heterocycles. The van der Waals surface area contributed by atoms with Gasteiger partial charge in [-0.25, -0.2) is 0 Å². The third kappa shape index (κ3) is 3.52. The van der Waals surface area contributed by atoms with E-state index in [1.807, 2.05) is 18.2 Å². The number of carbonyl (C=O) groups is 1. The molecule has 0 atom stereocenters. The summed E-state index contributed by atoms with van der Waals surface area (Å²) in [6.07, 6.45) is 0. The predicted molar refractivity (Wildman–Crippen MR) is 67.5 cm³/mol. The van der Waals surface area contributed by atoms with E-state index >= 15 is 0 Å². The Morgan fingerprint density at radius 3 is 2.50 bits per heavy atom. The SMILES string of the molecule is CC(C)(C)c1ccc(OCC(N)=O)c(Br)c1. The summed E-state index contributed by atoms with van der Waals surface area (Å²) in [4.78, 5) is 10.6. The van der Waals surface area contributed by atoms with Crippen molar-refractivity contribution in [2.75, 3.05) is 6.61 Å².